The molecule has 1 aliphatic rings. The topological polar surface area (TPSA) is 12.0 Å². The molecule has 0 bridgehead atoms. The third-order valence-electron chi connectivity index (χ3n) is 4.82. The lowest BCUT2D eigenvalue weighted by Crippen LogP contribution is -2.43. The Labute approximate surface area is 112 Å². The molecule has 1 N–H and O–H groups in total. The molecule has 2 atom stereocenters. The van der Waals surface area contributed by atoms with Gasteiger partial charge in [0.25, 0.3) is 0 Å². The van der Waals surface area contributed by atoms with Crippen LogP contribution in [0.5, 0.6) is 0 Å². The van der Waals surface area contributed by atoms with E-state index in [4.69, 9.17) is 0 Å². The minimum absolute atomic E-state index is 0.304. The maximum Gasteiger partial charge on any atom is 0.0101 e. The molecular weight excluding hydrogens is 218 g/mol. The molecule has 0 aliphatic heterocycles. The lowest BCUT2D eigenvalue weighted by atomic mass is 9.68. The Bertz CT molecular complexity index is 355. The minimum Gasteiger partial charge on any atom is -0.313 e. The smallest absolute Gasteiger partial charge is 0.0101 e. The summed E-state index contributed by atoms with van der Waals surface area (Å²) in [5, 5.41) is 3.76. The van der Waals surface area contributed by atoms with Crippen LogP contribution in [0.15, 0.2) is 30.3 Å². The maximum atomic E-state index is 3.76. The van der Waals surface area contributed by atoms with Gasteiger partial charge in [0.1, 0.15) is 0 Å². The summed E-state index contributed by atoms with van der Waals surface area (Å²) in [6.45, 7) is 8.20. The number of hydrogen-bond acceptors (Lipinski definition) is 1. The van der Waals surface area contributed by atoms with Crippen LogP contribution in [0, 0.1) is 5.92 Å². The van der Waals surface area contributed by atoms with Gasteiger partial charge in [-0.05, 0) is 30.7 Å². The molecule has 0 amide bonds. The molecule has 1 saturated carbocycles. The highest BCUT2D eigenvalue weighted by molar-refractivity contribution is 5.27. The van der Waals surface area contributed by atoms with Crippen molar-refractivity contribution in [1.29, 1.82) is 0 Å². The van der Waals surface area contributed by atoms with Crippen molar-refractivity contribution in [2.24, 2.45) is 5.92 Å². The Kier molecular flexibility index (Phi) is 4.45. The van der Waals surface area contributed by atoms with E-state index in [0.29, 0.717) is 5.41 Å². The minimum atomic E-state index is 0.304. The molecule has 2 unspecified atom stereocenters. The van der Waals surface area contributed by atoms with Crippen LogP contribution in [-0.4, -0.2) is 12.6 Å². The van der Waals surface area contributed by atoms with Gasteiger partial charge in [-0.15, -0.1) is 0 Å². The summed E-state index contributed by atoms with van der Waals surface area (Å²) in [5.74, 6) is 0.719. The highest BCUT2D eigenvalue weighted by Crippen LogP contribution is 2.37. The number of nitrogens with one attached hydrogen (secondary N) is 1. The van der Waals surface area contributed by atoms with Crippen molar-refractivity contribution in [2.45, 2.75) is 57.9 Å². The Morgan fingerprint density at radius 1 is 1.22 bits per heavy atom. The highest BCUT2D eigenvalue weighted by Gasteiger charge is 2.36. The Morgan fingerprint density at radius 3 is 2.39 bits per heavy atom. The quantitative estimate of drug-likeness (QED) is 0.761. The fraction of sp³-hybridized carbons (Fsp3) is 0.647. The molecule has 2 rings (SSSR count). The molecule has 1 aromatic carbocycles. The molecule has 0 spiro atoms. The molecule has 0 radical (unpaired) electrons. The van der Waals surface area contributed by atoms with Gasteiger partial charge in [0.05, 0.1) is 0 Å². The average Bonchev–Trinajstić information content (AvgIpc) is 3.25. The van der Waals surface area contributed by atoms with Crippen LogP contribution in [0.4, 0.5) is 0 Å². The van der Waals surface area contributed by atoms with Crippen molar-refractivity contribution in [3.05, 3.63) is 35.9 Å². The van der Waals surface area contributed by atoms with Gasteiger partial charge in [-0.25, -0.2) is 0 Å². The van der Waals surface area contributed by atoms with Crippen LogP contribution >= 0.6 is 0 Å². The molecule has 0 saturated heterocycles. The number of benzene rings is 1. The van der Waals surface area contributed by atoms with Crippen LogP contribution in [0.1, 0.15) is 52.0 Å². The summed E-state index contributed by atoms with van der Waals surface area (Å²) < 4.78 is 0. The number of hydrogen-bond donors (Lipinski definition) is 1. The second-order valence-electron chi connectivity index (χ2n) is 5.84. The normalized spacial score (nSPS) is 20.4. The average molecular weight is 245 g/mol. The van der Waals surface area contributed by atoms with Crippen LogP contribution < -0.4 is 5.32 Å². The Hall–Kier alpha value is -0.820. The molecule has 0 heterocycles. The maximum absolute atomic E-state index is 3.76. The van der Waals surface area contributed by atoms with E-state index in [1.807, 2.05) is 0 Å². The molecule has 1 heteroatoms. The highest BCUT2D eigenvalue weighted by atomic mass is 15.0. The summed E-state index contributed by atoms with van der Waals surface area (Å²) in [4.78, 5) is 0. The van der Waals surface area contributed by atoms with Crippen molar-refractivity contribution in [2.75, 3.05) is 6.54 Å². The van der Waals surface area contributed by atoms with Crippen LogP contribution in [0.25, 0.3) is 0 Å². The predicted octanol–water partition coefficient (Wildman–Crippen LogP) is 4.13. The van der Waals surface area contributed by atoms with Crippen molar-refractivity contribution >= 4 is 0 Å². The third-order valence-corrected chi connectivity index (χ3v) is 4.82. The molecule has 1 nitrogen and oxygen atoms in total. The SMILES string of the molecule is CCC(C)C(CC)(CNC1CC1)c1ccccc1. The molecule has 1 aliphatic carbocycles. The van der Waals surface area contributed by atoms with E-state index >= 15 is 0 Å². The van der Waals surface area contributed by atoms with Gasteiger partial charge in [0.15, 0.2) is 0 Å². The molecule has 1 fully saturated rings. The Morgan fingerprint density at radius 2 is 1.89 bits per heavy atom. The van der Waals surface area contributed by atoms with Gasteiger partial charge in [-0.1, -0.05) is 57.5 Å². The van der Waals surface area contributed by atoms with Gasteiger partial charge in [-0.2, -0.15) is 0 Å². The van der Waals surface area contributed by atoms with Gasteiger partial charge >= 0.3 is 0 Å². The Balaban J connectivity index is 2.23. The van der Waals surface area contributed by atoms with E-state index in [0.717, 1.165) is 18.5 Å². The fourth-order valence-electron chi connectivity index (χ4n) is 3.01. The largest absolute Gasteiger partial charge is 0.313 e. The third kappa shape index (κ3) is 2.77. The van der Waals surface area contributed by atoms with E-state index in [1.54, 1.807) is 0 Å². The number of rotatable bonds is 7. The molecule has 1 aromatic rings. The monoisotopic (exact) mass is 245 g/mol. The summed E-state index contributed by atoms with van der Waals surface area (Å²) >= 11 is 0. The first kappa shape index (κ1) is 13.6. The van der Waals surface area contributed by atoms with Gasteiger partial charge in [-0.3, -0.25) is 0 Å². The summed E-state index contributed by atoms with van der Waals surface area (Å²) in [6.07, 6.45) is 5.20. The molecule has 100 valence electrons. The second-order valence-corrected chi connectivity index (χ2v) is 5.84. The van der Waals surface area contributed by atoms with E-state index in [2.05, 4.69) is 56.4 Å². The first-order chi connectivity index (χ1) is 8.73. The van der Waals surface area contributed by atoms with E-state index < -0.39 is 0 Å². The lowest BCUT2D eigenvalue weighted by molar-refractivity contribution is 0.255. The van der Waals surface area contributed by atoms with Crippen molar-refractivity contribution in [3.63, 3.8) is 0 Å². The van der Waals surface area contributed by atoms with Crippen molar-refractivity contribution < 1.29 is 0 Å². The van der Waals surface area contributed by atoms with Crippen molar-refractivity contribution in [3.8, 4) is 0 Å². The summed E-state index contributed by atoms with van der Waals surface area (Å²) in [7, 11) is 0. The lowest BCUT2D eigenvalue weighted by Gasteiger charge is -2.39. The predicted molar refractivity (Wildman–Crippen MR) is 78.9 cm³/mol. The van der Waals surface area contributed by atoms with Crippen LogP contribution in [0.3, 0.4) is 0 Å². The van der Waals surface area contributed by atoms with E-state index in [9.17, 15) is 0 Å². The van der Waals surface area contributed by atoms with Gasteiger partial charge in [0.2, 0.25) is 0 Å². The standard InChI is InChI=1S/C17H27N/c1-4-14(3)17(5-2,13-18-16-11-12-16)15-9-7-6-8-10-15/h6-10,14,16,18H,4-5,11-13H2,1-3H3. The van der Waals surface area contributed by atoms with Gasteiger partial charge < -0.3 is 5.32 Å². The van der Waals surface area contributed by atoms with E-state index in [-0.39, 0.29) is 0 Å². The van der Waals surface area contributed by atoms with Crippen LogP contribution in [-0.2, 0) is 5.41 Å². The zero-order valence-corrected chi connectivity index (χ0v) is 12.1. The molecular formula is C17H27N. The zero-order valence-electron chi connectivity index (χ0n) is 12.1. The summed E-state index contributed by atoms with van der Waals surface area (Å²) in [5.41, 5.74) is 1.81. The van der Waals surface area contributed by atoms with Crippen molar-refractivity contribution in [1.82, 2.24) is 5.32 Å². The van der Waals surface area contributed by atoms with Gasteiger partial charge in [0, 0.05) is 18.0 Å². The summed E-state index contributed by atoms with van der Waals surface area (Å²) in [6, 6.07) is 11.9. The second kappa shape index (κ2) is 5.88. The fourth-order valence-corrected chi connectivity index (χ4v) is 3.01. The first-order valence-electron chi connectivity index (χ1n) is 7.52. The molecule has 0 aromatic heterocycles. The van der Waals surface area contributed by atoms with E-state index in [1.165, 1.54) is 31.2 Å². The zero-order chi connectivity index (χ0) is 13.0. The first-order valence-corrected chi connectivity index (χ1v) is 7.52. The molecule has 18 heavy (non-hydrogen) atoms. The van der Waals surface area contributed by atoms with Crippen LogP contribution in [0.2, 0.25) is 0 Å².